The summed E-state index contributed by atoms with van der Waals surface area (Å²) >= 11 is 17.9. The lowest BCUT2D eigenvalue weighted by Gasteiger charge is -2.28. The van der Waals surface area contributed by atoms with Crippen molar-refractivity contribution >= 4 is 57.2 Å². The van der Waals surface area contributed by atoms with E-state index < -0.39 is 27.6 Å². The number of alkyl halides is 6. The van der Waals surface area contributed by atoms with Gasteiger partial charge in [-0.3, -0.25) is 4.79 Å². The second-order valence-electron chi connectivity index (χ2n) is 6.20. The molecule has 0 aromatic heterocycles. The topological polar surface area (TPSA) is 41.1 Å². The molecule has 3 aromatic rings. The van der Waals surface area contributed by atoms with Crippen LogP contribution in [0.1, 0.15) is 15.9 Å². The van der Waals surface area contributed by atoms with E-state index in [4.69, 9.17) is 34.8 Å². The van der Waals surface area contributed by atoms with E-state index in [1.165, 1.54) is 12.1 Å². The molecular weight excluding hydrogens is 448 g/mol. The normalized spacial score (nSPS) is 13.2. The number of anilines is 1. The van der Waals surface area contributed by atoms with Crippen LogP contribution < -0.4 is 10.6 Å². The van der Waals surface area contributed by atoms with Crippen molar-refractivity contribution in [3.8, 4) is 0 Å². The SMILES string of the molecule is O=C(N[C@@H](Nc1cccc(C(F)(F)F)c1)C(Cl)(Cl)Cl)c1cccc2ccccc12. The van der Waals surface area contributed by atoms with Gasteiger partial charge in [-0.1, -0.05) is 77.3 Å². The molecule has 1 atom stereocenters. The number of benzene rings is 3. The van der Waals surface area contributed by atoms with Gasteiger partial charge in [-0.25, -0.2) is 0 Å². The van der Waals surface area contributed by atoms with Crippen molar-refractivity contribution in [1.29, 1.82) is 0 Å². The van der Waals surface area contributed by atoms with E-state index in [9.17, 15) is 18.0 Å². The summed E-state index contributed by atoms with van der Waals surface area (Å²) in [5.41, 5.74) is -0.492. The van der Waals surface area contributed by atoms with Crippen LogP contribution in [-0.2, 0) is 6.18 Å². The summed E-state index contributed by atoms with van der Waals surface area (Å²) in [6.07, 6.45) is -5.82. The highest BCUT2D eigenvalue weighted by Gasteiger charge is 2.35. The van der Waals surface area contributed by atoms with E-state index in [1.54, 1.807) is 24.3 Å². The average molecular weight is 462 g/mol. The first-order chi connectivity index (χ1) is 13.6. The zero-order valence-electron chi connectivity index (χ0n) is 14.6. The Balaban J connectivity index is 1.88. The van der Waals surface area contributed by atoms with Crippen molar-refractivity contribution in [2.24, 2.45) is 0 Å². The summed E-state index contributed by atoms with van der Waals surface area (Å²) in [5.74, 6) is -0.544. The maximum atomic E-state index is 12.9. The lowest BCUT2D eigenvalue weighted by atomic mass is 10.0. The summed E-state index contributed by atoms with van der Waals surface area (Å²) in [4.78, 5) is 12.8. The van der Waals surface area contributed by atoms with Crippen LogP contribution in [0, 0.1) is 0 Å². The van der Waals surface area contributed by atoms with Crippen molar-refractivity contribution in [1.82, 2.24) is 5.32 Å². The van der Waals surface area contributed by atoms with E-state index in [1.807, 2.05) is 18.2 Å². The Morgan fingerprint density at radius 1 is 0.897 bits per heavy atom. The predicted molar refractivity (Wildman–Crippen MR) is 111 cm³/mol. The Morgan fingerprint density at radius 3 is 2.24 bits per heavy atom. The number of hydrogen-bond donors (Lipinski definition) is 2. The summed E-state index contributed by atoms with van der Waals surface area (Å²) in [6, 6.07) is 16.8. The van der Waals surface area contributed by atoms with Crippen LogP contribution in [-0.4, -0.2) is 15.9 Å². The van der Waals surface area contributed by atoms with Crippen molar-refractivity contribution in [2.75, 3.05) is 5.32 Å². The minimum Gasteiger partial charge on any atom is -0.362 e. The van der Waals surface area contributed by atoms with Gasteiger partial charge in [0, 0.05) is 11.3 Å². The van der Waals surface area contributed by atoms with E-state index in [2.05, 4.69) is 10.6 Å². The number of amides is 1. The molecule has 0 aliphatic heterocycles. The van der Waals surface area contributed by atoms with Crippen molar-refractivity contribution in [2.45, 2.75) is 16.1 Å². The largest absolute Gasteiger partial charge is 0.416 e. The summed E-state index contributed by atoms with van der Waals surface area (Å²) < 4.78 is 36.8. The number of carbonyl (C=O) groups is 1. The number of nitrogens with one attached hydrogen (secondary N) is 2. The Hall–Kier alpha value is -2.15. The molecule has 0 fully saturated rings. The Morgan fingerprint density at radius 2 is 1.55 bits per heavy atom. The maximum absolute atomic E-state index is 12.9. The molecule has 0 radical (unpaired) electrons. The molecule has 9 heteroatoms. The fraction of sp³-hybridized carbons (Fsp3) is 0.150. The first kappa shape index (κ1) is 21.6. The molecule has 29 heavy (non-hydrogen) atoms. The molecule has 0 unspecified atom stereocenters. The lowest BCUT2D eigenvalue weighted by Crippen LogP contribution is -2.49. The lowest BCUT2D eigenvalue weighted by molar-refractivity contribution is -0.137. The zero-order chi connectivity index (χ0) is 21.2. The van der Waals surface area contributed by atoms with Crippen LogP contribution in [0.15, 0.2) is 66.7 Å². The Bertz CT molecular complexity index is 1030. The molecule has 152 valence electrons. The van der Waals surface area contributed by atoms with Gasteiger partial charge in [-0.15, -0.1) is 0 Å². The number of carbonyl (C=O) groups excluding carboxylic acids is 1. The molecule has 3 nitrogen and oxygen atoms in total. The minimum absolute atomic E-state index is 0.0365. The summed E-state index contributed by atoms with van der Waals surface area (Å²) in [7, 11) is 0. The molecule has 0 spiro atoms. The highest BCUT2D eigenvalue weighted by molar-refractivity contribution is 6.68. The van der Waals surface area contributed by atoms with Gasteiger partial charge >= 0.3 is 6.18 Å². The second-order valence-corrected chi connectivity index (χ2v) is 8.57. The predicted octanol–water partition coefficient (Wildman–Crippen LogP) is 6.40. The monoisotopic (exact) mass is 460 g/mol. The first-order valence-electron chi connectivity index (χ1n) is 8.35. The van der Waals surface area contributed by atoms with Crippen LogP contribution in [0.2, 0.25) is 0 Å². The van der Waals surface area contributed by atoms with Crippen LogP contribution in [0.25, 0.3) is 10.8 Å². The average Bonchev–Trinajstić information content (AvgIpc) is 2.66. The van der Waals surface area contributed by atoms with Crippen LogP contribution >= 0.6 is 34.8 Å². The first-order valence-corrected chi connectivity index (χ1v) is 9.48. The molecule has 3 rings (SSSR count). The molecule has 0 saturated carbocycles. The second kappa shape index (κ2) is 8.30. The zero-order valence-corrected chi connectivity index (χ0v) is 16.9. The van der Waals surface area contributed by atoms with Crippen LogP contribution in [0.4, 0.5) is 18.9 Å². The van der Waals surface area contributed by atoms with E-state index in [0.717, 1.165) is 17.5 Å². The van der Waals surface area contributed by atoms with Gasteiger partial charge in [0.1, 0.15) is 6.17 Å². The molecule has 0 aliphatic rings. The minimum atomic E-state index is -4.53. The molecular formula is C20H14Cl3F3N2O. The van der Waals surface area contributed by atoms with Crippen molar-refractivity contribution in [3.63, 3.8) is 0 Å². The van der Waals surface area contributed by atoms with Crippen molar-refractivity contribution in [3.05, 3.63) is 77.9 Å². The third kappa shape index (κ3) is 5.26. The van der Waals surface area contributed by atoms with Gasteiger partial charge in [0.2, 0.25) is 3.79 Å². The molecule has 3 aromatic carbocycles. The number of hydrogen-bond acceptors (Lipinski definition) is 2. The van der Waals surface area contributed by atoms with E-state index in [-0.39, 0.29) is 5.69 Å². The smallest absolute Gasteiger partial charge is 0.362 e. The highest BCUT2D eigenvalue weighted by atomic mass is 35.6. The Labute approximate surface area is 179 Å². The number of fused-ring (bicyclic) bond motifs is 1. The highest BCUT2D eigenvalue weighted by Crippen LogP contribution is 2.34. The van der Waals surface area contributed by atoms with Crippen LogP contribution in [0.3, 0.4) is 0 Å². The third-order valence-electron chi connectivity index (χ3n) is 4.14. The third-order valence-corrected chi connectivity index (χ3v) is 4.79. The number of rotatable bonds is 4. The molecule has 2 N–H and O–H groups in total. The van der Waals surface area contributed by atoms with Gasteiger partial charge < -0.3 is 10.6 Å². The van der Waals surface area contributed by atoms with Gasteiger partial charge in [0.05, 0.1) is 5.56 Å². The van der Waals surface area contributed by atoms with Gasteiger partial charge in [-0.05, 0) is 35.0 Å². The fourth-order valence-corrected chi connectivity index (χ4v) is 3.11. The molecule has 0 saturated heterocycles. The molecule has 0 heterocycles. The number of halogens is 6. The fourth-order valence-electron chi connectivity index (χ4n) is 2.78. The Kier molecular flexibility index (Phi) is 6.17. The summed E-state index contributed by atoms with van der Waals surface area (Å²) in [5, 5.41) is 6.73. The summed E-state index contributed by atoms with van der Waals surface area (Å²) in [6.45, 7) is 0. The molecule has 0 bridgehead atoms. The quantitative estimate of drug-likeness (QED) is 0.349. The molecule has 1 amide bonds. The van der Waals surface area contributed by atoms with Crippen molar-refractivity contribution < 1.29 is 18.0 Å². The molecule has 0 aliphatic carbocycles. The van der Waals surface area contributed by atoms with Gasteiger partial charge in [0.15, 0.2) is 0 Å². The van der Waals surface area contributed by atoms with Gasteiger partial charge in [-0.2, -0.15) is 13.2 Å². The van der Waals surface area contributed by atoms with Gasteiger partial charge in [0.25, 0.3) is 5.91 Å². The van der Waals surface area contributed by atoms with Crippen LogP contribution in [0.5, 0.6) is 0 Å². The van der Waals surface area contributed by atoms with E-state index in [0.29, 0.717) is 10.9 Å². The standard InChI is InChI=1S/C20H14Cl3F3N2O/c21-19(22,23)18(27-14-8-4-7-13(11-14)20(24,25)26)28-17(29)16-10-3-6-12-5-1-2-9-15(12)16/h1-11,18,27H,(H,28,29)/t18-/m1/s1. The van der Waals surface area contributed by atoms with E-state index >= 15 is 0 Å². The maximum Gasteiger partial charge on any atom is 0.416 e.